The number of nitrogens with two attached hydrogens (primary N) is 1. The van der Waals surface area contributed by atoms with E-state index in [1.807, 2.05) is 0 Å². The van der Waals surface area contributed by atoms with Crippen molar-refractivity contribution in [1.29, 1.82) is 0 Å². The van der Waals surface area contributed by atoms with Crippen molar-refractivity contribution in [2.24, 2.45) is 22.5 Å². The van der Waals surface area contributed by atoms with Crippen molar-refractivity contribution in [2.75, 3.05) is 33.4 Å². The van der Waals surface area contributed by atoms with Gasteiger partial charge in [0.05, 0.1) is 0 Å². The van der Waals surface area contributed by atoms with Gasteiger partial charge in [0.25, 0.3) is 0 Å². The zero-order chi connectivity index (χ0) is 13.6. The number of rotatable bonds is 9. The Bertz CT molecular complexity index is 231. The van der Waals surface area contributed by atoms with E-state index >= 15 is 0 Å². The number of hydrogen-bond acceptors (Lipinski definition) is 3. The normalized spacial score (nSPS) is 19.8. The fourth-order valence-electron chi connectivity index (χ4n) is 2.66. The summed E-state index contributed by atoms with van der Waals surface area (Å²) < 4.78 is 5.18. The van der Waals surface area contributed by atoms with Gasteiger partial charge < -0.3 is 15.8 Å². The predicted molar refractivity (Wildman–Crippen MR) is 77.6 cm³/mol. The molecule has 1 rings (SSSR count). The molecule has 3 nitrogen and oxygen atoms in total. The first kappa shape index (κ1) is 15.9. The van der Waals surface area contributed by atoms with Crippen LogP contribution in [-0.4, -0.2) is 33.4 Å². The van der Waals surface area contributed by atoms with Crippen LogP contribution >= 0.6 is 0 Å². The van der Waals surface area contributed by atoms with Gasteiger partial charge in [-0.15, -0.1) is 0 Å². The molecule has 0 radical (unpaired) electrons. The number of hydrogen-bond donors (Lipinski definition) is 2. The van der Waals surface area contributed by atoms with Crippen LogP contribution in [0.3, 0.4) is 0 Å². The van der Waals surface area contributed by atoms with Gasteiger partial charge in [0.15, 0.2) is 0 Å². The van der Waals surface area contributed by atoms with E-state index < -0.39 is 0 Å². The fraction of sp³-hybridized carbons (Fsp3) is 1.00. The summed E-state index contributed by atoms with van der Waals surface area (Å²) in [6, 6.07) is 0. The minimum absolute atomic E-state index is 0.374. The van der Waals surface area contributed by atoms with Gasteiger partial charge >= 0.3 is 0 Å². The zero-order valence-electron chi connectivity index (χ0n) is 12.7. The van der Waals surface area contributed by atoms with Crippen LogP contribution in [0.25, 0.3) is 0 Å². The summed E-state index contributed by atoms with van der Waals surface area (Å²) in [5.41, 5.74) is 6.78. The van der Waals surface area contributed by atoms with Crippen LogP contribution in [-0.2, 0) is 4.74 Å². The van der Waals surface area contributed by atoms with Gasteiger partial charge in [-0.1, -0.05) is 20.8 Å². The molecule has 0 aromatic carbocycles. The highest BCUT2D eigenvalue weighted by Crippen LogP contribution is 2.48. The van der Waals surface area contributed by atoms with Crippen LogP contribution < -0.4 is 11.1 Å². The molecule has 1 aliphatic carbocycles. The van der Waals surface area contributed by atoms with Gasteiger partial charge in [0.1, 0.15) is 0 Å². The zero-order valence-corrected chi connectivity index (χ0v) is 12.7. The summed E-state index contributed by atoms with van der Waals surface area (Å²) in [6.07, 6.45) is 5.11. The van der Waals surface area contributed by atoms with E-state index in [4.69, 9.17) is 10.5 Å². The Balaban J connectivity index is 2.19. The van der Waals surface area contributed by atoms with Crippen molar-refractivity contribution >= 4 is 0 Å². The van der Waals surface area contributed by atoms with Crippen molar-refractivity contribution < 1.29 is 4.74 Å². The second kappa shape index (κ2) is 6.88. The van der Waals surface area contributed by atoms with Crippen molar-refractivity contribution in [3.63, 3.8) is 0 Å². The lowest BCUT2D eigenvalue weighted by Gasteiger charge is -2.26. The molecule has 1 unspecified atom stereocenters. The van der Waals surface area contributed by atoms with Gasteiger partial charge in [-0.3, -0.25) is 0 Å². The van der Waals surface area contributed by atoms with Crippen molar-refractivity contribution in [1.82, 2.24) is 5.32 Å². The molecular weight excluding hydrogens is 224 g/mol. The summed E-state index contributed by atoms with van der Waals surface area (Å²) in [5.74, 6) is 0.600. The molecule has 0 spiro atoms. The first-order chi connectivity index (χ1) is 8.41. The summed E-state index contributed by atoms with van der Waals surface area (Å²) in [4.78, 5) is 0. The molecule has 108 valence electrons. The first-order valence-electron chi connectivity index (χ1n) is 7.30. The molecule has 3 heteroatoms. The predicted octanol–water partition coefficient (Wildman–Crippen LogP) is 2.40. The SMILES string of the molecule is COCCC1(CNCC(CN)CC(C)(C)C)CC1. The van der Waals surface area contributed by atoms with E-state index in [0.717, 1.165) is 26.2 Å². The molecular formula is C15H32N2O. The Labute approximate surface area is 113 Å². The van der Waals surface area contributed by atoms with Crippen LogP contribution in [0, 0.1) is 16.7 Å². The topological polar surface area (TPSA) is 47.3 Å². The van der Waals surface area contributed by atoms with Gasteiger partial charge in [-0.05, 0) is 55.5 Å². The third kappa shape index (κ3) is 6.17. The minimum atomic E-state index is 0.374. The average Bonchev–Trinajstić information content (AvgIpc) is 3.04. The largest absolute Gasteiger partial charge is 0.385 e. The Hall–Kier alpha value is -0.120. The Morgan fingerprint density at radius 2 is 2.00 bits per heavy atom. The molecule has 0 aromatic rings. The lowest BCUT2D eigenvalue weighted by Crippen LogP contribution is -2.34. The second-order valence-electron chi connectivity index (χ2n) is 7.24. The maximum absolute atomic E-state index is 5.87. The molecule has 1 fully saturated rings. The molecule has 0 amide bonds. The molecule has 18 heavy (non-hydrogen) atoms. The van der Waals surface area contributed by atoms with E-state index in [1.54, 1.807) is 7.11 Å². The van der Waals surface area contributed by atoms with Gasteiger partial charge in [-0.25, -0.2) is 0 Å². The highest BCUT2D eigenvalue weighted by atomic mass is 16.5. The van der Waals surface area contributed by atoms with E-state index in [1.165, 1.54) is 25.7 Å². The summed E-state index contributed by atoms with van der Waals surface area (Å²) in [5, 5.41) is 3.64. The molecule has 1 saturated carbocycles. The molecule has 0 aliphatic heterocycles. The van der Waals surface area contributed by atoms with E-state index in [9.17, 15) is 0 Å². The average molecular weight is 256 g/mol. The van der Waals surface area contributed by atoms with E-state index in [-0.39, 0.29) is 0 Å². The number of nitrogens with one attached hydrogen (secondary N) is 1. The van der Waals surface area contributed by atoms with Crippen molar-refractivity contribution in [2.45, 2.75) is 46.5 Å². The lowest BCUT2D eigenvalue weighted by atomic mass is 9.84. The van der Waals surface area contributed by atoms with Crippen LogP contribution in [0.1, 0.15) is 46.5 Å². The number of ether oxygens (including phenoxy) is 1. The Morgan fingerprint density at radius 3 is 2.44 bits per heavy atom. The second-order valence-corrected chi connectivity index (χ2v) is 7.24. The van der Waals surface area contributed by atoms with Gasteiger partial charge in [-0.2, -0.15) is 0 Å². The number of methoxy groups -OCH3 is 1. The monoisotopic (exact) mass is 256 g/mol. The molecule has 1 aliphatic rings. The van der Waals surface area contributed by atoms with Crippen LogP contribution in [0.5, 0.6) is 0 Å². The fourth-order valence-corrected chi connectivity index (χ4v) is 2.66. The Kier molecular flexibility index (Phi) is 6.09. The van der Waals surface area contributed by atoms with E-state index in [0.29, 0.717) is 16.7 Å². The molecule has 3 N–H and O–H groups in total. The standard InChI is InChI=1S/C15H32N2O/c1-14(2,3)9-13(10-16)11-17-12-15(5-6-15)7-8-18-4/h13,17H,5-12,16H2,1-4H3. The maximum Gasteiger partial charge on any atom is 0.0468 e. The third-order valence-electron chi connectivity index (χ3n) is 3.96. The van der Waals surface area contributed by atoms with Gasteiger partial charge in [0.2, 0.25) is 0 Å². The Morgan fingerprint density at radius 1 is 1.33 bits per heavy atom. The van der Waals surface area contributed by atoms with Crippen LogP contribution in [0.15, 0.2) is 0 Å². The molecule has 0 bridgehead atoms. The molecule has 1 atom stereocenters. The summed E-state index contributed by atoms with van der Waals surface area (Å²) >= 11 is 0. The minimum Gasteiger partial charge on any atom is -0.385 e. The molecule has 0 heterocycles. The quantitative estimate of drug-likeness (QED) is 0.666. The highest BCUT2D eigenvalue weighted by molar-refractivity contribution is 4.94. The van der Waals surface area contributed by atoms with E-state index in [2.05, 4.69) is 26.1 Å². The summed E-state index contributed by atoms with van der Waals surface area (Å²) in [7, 11) is 1.79. The van der Waals surface area contributed by atoms with Crippen LogP contribution in [0.4, 0.5) is 0 Å². The van der Waals surface area contributed by atoms with Crippen LogP contribution in [0.2, 0.25) is 0 Å². The van der Waals surface area contributed by atoms with Crippen molar-refractivity contribution in [3.05, 3.63) is 0 Å². The lowest BCUT2D eigenvalue weighted by molar-refractivity contribution is 0.170. The maximum atomic E-state index is 5.87. The van der Waals surface area contributed by atoms with Crippen molar-refractivity contribution in [3.8, 4) is 0 Å². The first-order valence-corrected chi connectivity index (χ1v) is 7.30. The van der Waals surface area contributed by atoms with Gasteiger partial charge in [0, 0.05) is 20.3 Å². The highest BCUT2D eigenvalue weighted by Gasteiger charge is 2.41. The third-order valence-corrected chi connectivity index (χ3v) is 3.96. The molecule has 0 saturated heterocycles. The molecule has 0 aromatic heterocycles. The summed E-state index contributed by atoms with van der Waals surface area (Å²) in [6.45, 7) is 10.7. The smallest absolute Gasteiger partial charge is 0.0468 e.